The zero-order valence-corrected chi connectivity index (χ0v) is 14.9. The molecule has 120 valence electrons. The highest BCUT2D eigenvalue weighted by atomic mass is 79.9. The third-order valence-electron chi connectivity index (χ3n) is 3.89. The lowest BCUT2D eigenvalue weighted by atomic mass is 10.0. The molecule has 0 aliphatic rings. The van der Waals surface area contributed by atoms with Gasteiger partial charge >= 0.3 is 0 Å². The Morgan fingerprint density at radius 2 is 1.75 bits per heavy atom. The van der Waals surface area contributed by atoms with E-state index in [4.69, 9.17) is 0 Å². The Morgan fingerprint density at radius 1 is 1.04 bits per heavy atom. The lowest BCUT2D eigenvalue weighted by Gasteiger charge is -2.07. The first-order chi connectivity index (χ1) is 11.6. The van der Waals surface area contributed by atoms with Crippen molar-refractivity contribution in [1.82, 2.24) is 5.43 Å². The lowest BCUT2D eigenvalue weighted by Crippen LogP contribution is -2.20. The topological polar surface area (TPSA) is 41.5 Å². The van der Waals surface area contributed by atoms with Crippen molar-refractivity contribution in [3.8, 4) is 0 Å². The van der Waals surface area contributed by atoms with E-state index in [0.717, 1.165) is 31.9 Å². The Labute approximate surface area is 149 Å². The van der Waals surface area contributed by atoms with E-state index in [1.54, 1.807) is 6.21 Å². The summed E-state index contributed by atoms with van der Waals surface area (Å²) in [5, 5.41) is 6.24. The molecule has 0 fully saturated rings. The maximum absolute atomic E-state index is 12.2. The van der Waals surface area contributed by atoms with Crippen molar-refractivity contribution in [2.45, 2.75) is 13.3 Å². The number of halogens is 1. The SMILES string of the molecule is Cc1ccccc1/C=N/NC(=O)Cc1ccc(Br)c2ccccc12. The standard InChI is InChI=1S/C20H17BrN2O/c1-14-6-2-3-7-16(14)13-22-23-20(24)12-15-10-11-19(21)18-9-5-4-8-17(15)18/h2-11,13H,12H2,1H3,(H,23,24)/b22-13+. The molecule has 4 heteroatoms. The molecule has 3 aromatic rings. The molecule has 0 aliphatic heterocycles. The summed E-state index contributed by atoms with van der Waals surface area (Å²) >= 11 is 3.55. The van der Waals surface area contributed by atoms with Gasteiger partial charge in [-0.15, -0.1) is 0 Å². The van der Waals surface area contributed by atoms with Crippen molar-refractivity contribution in [3.05, 3.63) is 81.8 Å². The summed E-state index contributed by atoms with van der Waals surface area (Å²) in [6.45, 7) is 2.01. The fraction of sp³-hybridized carbons (Fsp3) is 0.100. The van der Waals surface area contributed by atoms with Crippen molar-refractivity contribution >= 4 is 38.8 Å². The lowest BCUT2D eigenvalue weighted by molar-refractivity contribution is -0.120. The summed E-state index contributed by atoms with van der Waals surface area (Å²) in [6, 6.07) is 19.9. The average Bonchev–Trinajstić information content (AvgIpc) is 2.59. The molecule has 1 N–H and O–H groups in total. The van der Waals surface area contributed by atoms with Crippen molar-refractivity contribution in [2.75, 3.05) is 0 Å². The average molecular weight is 381 g/mol. The first-order valence-electron chi connectivity index (χ1n) is 7.69. The number of benzene rings is 3. The predicted molar refractivity (Wildman–Crippen MR) is 102 cm³/mol. The van der Waals surface area contributed by atoms with E-state index in [9.17, 15) is 4.79 Å². The summed E-state index contributed by atoms with van der Waals surface area (Å²) in [5.41, 5.74) is 5.70. The summed E-state index contributed by atoms with van der Waals surface area (Å²) in [6.07, 6.45) is 1.96. The van der Waals surface area contributed by atoms with Crippen molar-refractivity contribution in [1.29, 1.82) is 0 Å². The van der Waals surface area contributed by atoms with Crippen molar-refractivity contribution < 1.29 is 4.79 Å². The van der Waals surface area contributed by atoms with Gasteiger partial charge in [0.1, 0.15) is 0 Å². The van der Waals surface area contributed by atoms with Crippen LogP contribution in [0.15, 0.2) is 70.2 Å². The molecule has 0 unspecified atom stereocenters. The molecule has 24 heavy (non-hydrogen) atoms. The van der Waals surface area contributed by atoms with E-state index in [-0.39, 0.29) is 5.91 Å². The number of nitrogens with one attached hydrogen (secondary N) is 1. The fourth-order valence-electron chi connectivity index (χ4n) is 2.60. The van der Waals surface area contributed by atoms with E-state index in [2.05, 4.69) is 26.5 Å². The summed E-state index contributed by atoms with van der Waals surface area (Å²) < 4.78 is 1.03. The minimum atomic E-state index is -0.132. The second-order valence-corrected chi connectivity index (χ2v) is 6.43. The monoisotopic (exact) mass is 380 g/mol. The van der Waals surface area contributed by atoms with Gasteiger partial charge in [-0.05, 0) is 40.5 Å². The highest BCUT2D eigenvalue weighted by Crippen LogP contribution is 2.27. The molecule has 0 bridgehead atoms. The number of nitrogens with zero attached hydrogens (tertiary/aromatic N) is 1. The van der Waals surface area contributed by atoms with E-state index in [1.807, 2.05) is 67.6 Å². The maximum Gasteiger partial charge on any atom is 0.244 e. The number of aryl methyl sites for hydroxylation is 1. The summed E-state index contributed by atoms with van der Waals surface area (Å²) in [5.74, 6) is -0.132. The van der Waals surface area contributed by atoms with Crippen LogP contribution in [0.5, 0.6) is 0 Å². The van der Waals surface area contributed by atoms with E-state index < -0.39 is 0 Å². The molecule has 0 saturated heterocycles. The fourth-order valence-corrected chi connectivity index (χ4v) is 3.07. The van der Waals surface area contributed by atoms with Crippen LogP contribution in [0.1, 0.15) is 16.7 Å². The van der Waals surface area contributed by atoms with Crippen LogP contribution >= 0.6 is 15.9 Å². The quantitative estimate of drug-likeness (QED) is 0.521. The number of carbonyl (C=O) groups excluding carboxylic acids is 1. The molecule has 0 atom stereocenters. The molecule has 3 nitrogen and oxygen atoms in total. The molecule has 3 aromatic carbocycles. The van der Waals surface area contributed by atoms with Crippen LogP contribution in [0.4, 0.5) is 0 Å². The zero-order chi connectivity index (χ0) is 16.9. The second kappa shape index (κ2) is 7.41. The van der Waals surface area contributed by atoms with Crippen LogP contribution < -0.4 is 5.43 Å². The van der Waals surface area contributed by atoms with Gasteiger partial charge in [-0.3, -0.25) is 4.79 Å². The molecule has 3 rings (SSSR count). The van der Waals surface area contributed by atoms with Gasteiger partial charge in [0.15, 0.2) is 0 Å². The number of hydrogen-bond acceptors (Lipinski definition) is 2. The first-order valence-corrected chi connectivity index (χ1v) is 8.48. The maximum atomic E-state index is 12.2. The van der Waals surface area contributed by atoms with Gasteiger partial charge in [-0.2, -0.15) is 5.10 Å². The van der Waals surface area contributed by atoms with Crippen molar-refractivity contribution in [2.24, 2.45) is 5.10 Å². The van der Waals surface area contributed by atoms with Gasteiger partial charge in [0, 0.05) is 4.47 Å². The Bertz CT molecular complexity index is 918. The van der Waals surface area contributed by atoms with Crippen LogP contribution in [0.3, 0.4) is 0 Å². The van der Waals surface area contributed by atoms with Crippen LogP contribution in [0.2, 0.25) is 0 Å². The van der Waals surface area contributed by atoms with Gasteiger partial charge in [0.2, 0.25) is 5.91 Å². The smallest absolute Gasteiger partial charge is 0.244 e. The normalized spacial score (nSPS) is 11.1. The molecule has 0 aromatic heterocycles. The Kier molecular flexibility index (Phi) is 5.06. The van der Waals surface area contributed by atoms with Gasteiger partial charge in [0.05, 0.1) is 12.6 Å². The molecular formula is C20H17BrN2O. The third-order valence-corrected chi connectivity index (χ3v) is 4.59. The Balaban J connectivity index is 1.72. The molecule has 1 amide bonds. The Morgan fingerprint density at radius 3 is 2.54 bits per heavy atom. The number of amides is 1. The van der Waals surface area contributed by atoms with Gasteiger partial charge in [-0.1, -0.05) is 70.5 Å². The molecular weight excluding hydrogens is 364 g/mol. The number of carbonyl (C=O) groups is 1. The Hall–Kier alpha value is -2.46. The summed E-state index contributed by atoms with van der Waals surface area (Å²) in [4.78, 5) is 12.2. The number of fused-ring (bicyclic) bond motifs is 1. The van der Waals surface area contributed by atoms with Crippen molar-refractivity contribution in [3.63, 3.8) is 0 Å². The molecule has 0 radical (unpaired) electrons. The number of hydrogen-bond donors (Lipinski definition) is 1. The number of rotatable bonds is 4. The van der Waals surface area contributed by atoms with Crippen LogP contribution in [0.25, 0.3) is 10.8 Å². The van der Waals surface area contributed by atoms with Gasteiger partial charge in [-0.25, -0.2) is 5.43 Å². The van der Waals surface area contributed by atoms with Crippen LogP contribution in [0, 0.1) is 6.92 Å². The molecule has 0 saturated carbocycles. The number of hydrazone groups is 1. The van der Waals surface area contributed by atoms with E-state index >= 15 is 0 Å². The highest BCUT2D eigenvalue weighted by molar-refractivity contribution is 9.10. The minimum absolute atomic E-state index is 0.132. The van der Waals surface area contributed by atoms with Gasteiger partial charge in [0.25, 0.3) is 0 Å². The predicted octanol–water partition coefficient (Wildman–Crippen LogP) is 4.60. The second-order valence-electron chi connectivity index (χ2n) is 5.58. The molecule has 0 spiro atoms. The highest BCUT2D eigenvalue weighted by Gasteiger charge is 2.08. The largest absolute Gasteiger partial charge is 0.273 e. The van der Waals surface area contributed by atoms with Crippen LogP contribution in [-0.2, 0) is 11.2 Å². The first kappa shape index (κ1) is 16.4. The molecule has 0 aliphatic carbocycles. The summed E-state index contributed by atoms with van der Waals surface area (Å²) in [7, 11) is 0. The van der Waals surface area contributed by atoms with Gasteiger partial charge < -0.3 is 0 Å². The third kappa shape index (κ3) is 3.71. The van der Waals surface area contributed by atoms with E-state index in [1.165, 1.54) is 0 Å². The molecule has 0 heterocycles. The minimum Gasteiger partial charge on any atom is -0.273 e. The zero-order valence-electron chi connectivity index (χ0n) is 13.3. The van der Waals surface area contributed by atoms with Crippen LogP contribution in [-0.4, -0.2) is 12.1 Å². The van der Waals surface area contributed by atoms with E-state index in [0.29, 0.717) is 6.42 Å².